The predicted octanol–water partition coefficient (Wildman–Crippen LogP) is 1.64. The molecule has 0 radical (unpaired) electrons. The van der Waals surface area contributed by atoms with Gasteiger partial charge in [-0.05, 0) is 17.7 Å². The molecule has 1 aromatic carbocycles. The molecule has 0 amide bonds. The summed E-state index contributed by atoms with van der Waals surface area (Å²) in [6.45, 7) is 0. The number of methoxy groups -OCH3 is 1. The Morgan fingerprint density at radius 3 is 2.71 bits per heavy atom. The van der Waals surface area contributed by atoms with Gasteiger partial charge in [-0.15, -0.1) is 0 Å². The van der Waals surface area contributed by atoms with Crippen LogP contribution in [0.1, 0.15) is 17.2 Å². The Morgan fingerprint density at radius 1 is 1.38 bits per heavy atom. The van der Waals surface area contributed by atoms with E-state index in [9.17, 15) is 22.2 Å². The lowest BCUT2D eigenvalue weighted by Crippen LogP contribution is -2.49. The predicted molar refractivity (Wildman–Crippen MR) is 71.0 cm³/mol. The van der Waals surface area contributed by atoms with Gasteiger partial charge in [0.05, 0.1) is 12.7 Å². The highest BCUT2D eigenvalue weighted by atomic mass is 32.2. The Hall–Kier alpha value is -1.41. The Labute approximate surface area is 122 Å². The Balaban J connectivity index is 2.24. The van der Waals surface area contributed by atoms with Crippen LogP contribution in [0.15, 0.2) is 24.3 Å². The molecule has 4 nitrogen and oxygen atoms in total. The average Bonchev–Trinajstić information content (AvgIpc) is 2.45. The van der Waals surface area contributed by atoms with Crippen LogP contribution in [0, 0.1) is 0 Å². The molecule has 1 N–H and O–H groups in total. The summed E-state index contributed by atoms with van der Waals surface area (Å²) in [5.74, 6) is -0.309. The topological polar surface area (TPSA) is 55.4 Å². The number of ether oxygens (including phenoxy) is 1. The smallest absolute Gasteiger partial charge is 0.416 e. The van der Waals surface area contributed by atoms with Crippen LogP contribution in [0.4, 0.5) is 13.2 Å². The number of benzene rings is 1. The SMILES string of the molecule is COC(=O)C1CS(=O)CC(c2cccc(C(F)(F)F)c2)N1. The molecule has 2 rings (SSSR count). The molecule has 116 valence electrons. The molecule has 0 saturated carbocycles. The Bertz CT molecular complexity index is 562. The van der Waals surface area contributed by atoms with Crippen molar-refractivity contribution in [3.63, 3.8) is 0 Å². The van der Waals surface area contributed by atoms with Crippen LogP contribution >= 0.6 is 0 Å². The molecule has 0 aromatic heterocycles. The lowest BCUT2D eigenvalue weighted by Gasteiger charge is -2.29. The molecule has 1 aromatic rings. The van der Waals surface area contributed by atoms with E-state index in [0.717, 1.165) is 12.1 Å². The zero-order valence-electron chi connectivity index (χ0n) is 11.1. The van der Waals surface area contributed by atoms with E-state index in [0.29, 0.717) is 5.56 Å². The average molecular weight is 321 g/mol. The molecule has 1 fully saturated rings. The van der Waals surface area contributed by atoms with Crippen molar-refractivity contribution < 1.29 is 26.9 Å². The summed E-state index contributed by atoms with van der Waals surface area (Å²) < 4.78 is 54.5. The molecule has 8 heteroatoms. The summed E-state index contributed by atoms with van der Waals surface area (Å²) in [6.07, 6.45) is -4.44. The minimum absolute atomic E-state index is 0.0993. The maximum absolute atomic E-state index is 12.7. The van der Waals surface area contributed by atoms with Gasteiger partial charge in [0.1, 0.15) is 6.04 Å². The molecular weight excluding hydrogens is 307 g/mol. The number of carbonyl (C=O) groups is 1. The van der Waals surface area contributed by atoms with Gasteiger partial charge in [-0.3, -0.25) is 14.3 Å². The van der Waals surface area contributed by atoms with E-state index in [-0.39, 0.29) is 11.5 Å². The molecule has 3 unspecified atom stereocenters. The number of carbonyl (C=O) groups excluding carboxylic acids is 1. The van der Waals surface area contributed by atoms with E-state index < -0.39 is 40.6 Å². The molecule has 1 aliphatic heterocycles. The van der Waals surface area contributed by atoms with Crippen LogP contribution in [-0.2, 0) is 26.5 Å². The fourth-order valence-corrected chi connectivity index (χ4v) is 3.58. The first-order valence-corrected chi connectivity index (χ1v) is 7.66. The normalized spacial score (nSPS) is 26.4. The summed E-state index contributed by atoms with van der Waals surface area (Å²) in [5.41, 5.74) is -0.417. The highest BCUT2D eigenvalue weighted by molar-refractivity contribution is 7.85. The Morgan fingerprint density at radius 2 is 2.10 bits per heavy atom. The largest absolute Gasteiger partial charge is 0.468 e. The van der Waals surface area contributed by atoms with E-state index >= 15 is 0 Å². The van der Waals surface area contributed by atoms with E-state index in [4.69, 9.17) is 0 Å². The van der Waals surface area contributed by atoms with Crippen molar-refractivity contribution in [2.45, 2.75) is 18.3 Å². The van der Waals surface area contributed by atoms with Gasteiger partial charge in [0, 0.05) is 28.3 Å². The molecule has 1 aliphatic rings. The summed E-state index contributed by atoms with van der Waals surface area (Å²) in [6, 6.07) is 3.44. The van der Waals surface area contributed by atoms with Gasteiger partial charge in [-0.2, -0.15) is 13.2 Å². The third kappa shape index (κ3) is 3.82. The summed E-state index contributed by atoms with van der Waals surface area (Å²) in [4.78, 5) is 11.5. The summed E-state index contributed by atoms with van der Waals surface area (Å²) in [5, 5.41) is 2.89. The zero-order chi connectivity index (χ0) is 15.6. The van der Waals surface area contributed by atoms with Gasteiger partial charge < -0.3 is 4.74 Å². The van der Waals surface area contributed by atoms with Crippen LogP contribution in [0.5, 0.6) is 0 Å². The standard InChI is InChI=1S/C13H14F3NO3S/c1-20-12(18)11-7-21(19)6-10(17-11)8-3-2-4-9(5-8)13(14,15)16/h2-5,10-11,17H,6-7H2,1H3. The Kier molecular flexibility index (Phi) is 4.67. The van der Waals surface area contributed by atoms with E-state index in [2.05, 4.69) is 10.1 Å². The molecule has 1 heterocycles. The first-order valence-electron chi connectivity index (χ1n) is 6.17. The zero-order valence-corrected chi connectivity index (χ0v) is 12.0. The summed E-state index contributed by atoms with van der Waals surface area (Å²) in [7, 11) is -0.0862. The van der Waals surface area contributed by atoms with Crippen molar-refractivity contribution in [3.05, 3.63) is 35.4 Å². The highest BCUT2D eigenvalue weighted by Gasteiger charge is 2.34. The van der Waals surface area contributed by atoms with Gasteiger partial charge in [-0.1, -0.05) is 12.1 Å². The highest BCUT2D eigenvalue weighted by Crippen LogP contribution is 2.31. The minimum Gasteiger partial charge on any atom is -0.468 e. The van der Waals surface area contributed by atoms with Gasteiger partial charge >= 0.3 is 12.1 Å². The summed E-state index contributed by atoms with van der Waals surface area (Å²) >= 11 is 0. The monoisotopic (exact) mass is 321 g/mol. The van der Waals surface area contributed by atoms with Crippen molar-refractivity contribution in [3.8, 4) is 0 Å². The first kappa shape index (κ1) is 16.0. The first-order chi connectivity index (χ1) is 9.81. The van der Waals surface area contributed by atoms with Crippen LogP contribution in [0.3, 0.4) is 0 Å². The molecule has 0 aliphatic carbocycles. The molecule has 3 atom stereocenters. The van der Waals surface area contributed by atoms with Crippen LogP contribution in [0.2, 0.25) is 0 Å². The lowest BCUT2D eigenvalue weighted by molar-refractivity contribution is -0.143. The van der Waals surface area contributed by atoms with Crippen LogP contribution < -0.4 is 5.32 Å². The maximum atomic E-state index is 12.7. The molecule has 0 bridgehead atoms. The van der Waals surface area contributed by atoms with Crippen LogP contribution in [-0.4, -0.2) is 34.8 Å². The van der Waals surface area contributed by atoms with Gasteiger partial charge in [0.25, 0.3) is 0 Å². The number of hydrogen-bond donors (Lipinski definition) is 1. The van der Waals surface area contributed by atoms with Gasteiger partial charge in [0.15, 0.2) is 0 Å². The van der Waals surface area contributed by atoms with Gasteiger partial charge in [0.2, 0.25) is 0 Å². The van der Waals surface area contributed by atoms with Crippen molar-refractivity contribution in [1.82, 2.24) is 5.32 Å². The second-order valence-corrected chi connectivity index (χ2v) is 6.24. The number of esters is 1. The number of nitrogens with one attached hydrogen (secondary N) is 1. The van der Waals surface area contributed by atoms with Crippen molar-refractivity contribution >= 4 is 16.8 Å². The fraction of sp³-hybridized carbons (Fsp3) is 0.462. The minimum atomic E-state index is -4.44. The van der Waals surface area contributed by atoms with E-state index in [1.165, 1.54) is 19.2 Å². The number of halogens is 3. The number of hydrogen-bond acceptors (Lipinski definition) is 4. The maximum Gasteiger partial charge on any atom is 0.416 e. The van der Waals surface area contributed by atoms with Crippen molar-refractivity contribution in [2.75, 3.05) is 18.6 Å². The molecule has 1 saturated heterocycles. The van der Waals surface area contributed by atoms with Crippen molar-refractivity contribution in [1.29, 1.82) is 0 Å². The second-order valence-electron chi connectivity index (χ2n) is 4.69. The quantitative estimate of drug-likeness (QED) is 0.842. The van der Waals surface area contributed by atoms with Gasteiger partial charge in [-0.25, -0.2) is 0 Å². The van der Waals surface area contributed by atoms with E-state index in [1.54, 1.807) is 0 Å². The molecule has 21 heavy (non-hydrogen) atoms. The van der Waals surface area contributed by atoms with E-state index in [1.807, 2.05) is 0 Å². The third-order valence-corrected chi connectivity index (χ3v) is 4.62. The third-order valence-electron chi connectivity index (χ3n) is 3.21. The second kappa shape index (κ2) is 6.15. The molecule has 0 spiro atoms. The van der Waals surface area contributed by atoms with Crippen LogP contribution in [0.25, 0.3) is 0 Å². The molecular formula is C13H14F3NO3S. The number of alkyl halides is 3. The fourth-order valence-electron chi connectivity index (χ4n) is 2.18. The number of rotatable bonds is 2. The van der Waals surface area contributed by atoms with Crippen molar-refractivity contribution in [2.24, 2.45) is 0 Å². The lowest BCUT2D eigenvalue weighted by atomic mass is 10.0.